The summed E-state index contributed by atoms with van der Waals surface area (Å²) in [4.78, 5) is 4.15. The van der Waals surface area contributed by atoms with Crippen molar-refractivity contribution in [3.8, 4) is 5.69 Å². The Labute approximate surface area is 88.2 Å². The normalized spacial score (nSPS) is 12.7. The van der Waals surface area contributed by atoms with Crippen molar-refractivity contribution in [3.63, 3.8) is 0 Å². The first-order valence-electron chi connectivity index (χ1n) is 4.83. The maximum atomic E-state index is 9.30. The van der Waals surface area contributed by atoms with E-state index in [-0.39, 0.29) is 0 Å². The third-order valence-electron chi connectivity index (χ3n) is 2.19. The van der Waals surface area contributed by atoms with Gasteiger partial charge in [-0.2, -0.15) is 5.10 Å². The number of aliphatic hydroxyl groups is 1. The fourth-order valence-corrected chi connectivity index (χ4v) is 1.34. The van der Waals surface area contributed by atoms with Crippen molar-refractivity contribution in [1.29, 1.82) is 0 Å². The Morgan fingerprint density at radius 3 is 2.60 bits per heavy atom. The minimum absolute atomic E-state index is 0.529. The predicted octanol–water partition coefficient (Wildman–Crippen LogP) is 1.63. The Morgan fingerprint density at radius 1 is 1.33 bits per heavy atom. The predicted molar refractivity (Wildman–Crippen MR) is 56.7 cm³/mol. The molecule has 0 spiro atoms. The molecule has 0 saturated carbocycles. The van der Waals surface area contributed by atoms with Crippen molar-refractivity contribution in [2.75, 3.05) is 0 Å². The molecule has 0 amide bonds. The molecule has 0 aliphatic heterocycles. The number of aromatic nitrogens is 3. The van der Waals surface area contributed by atoms with Gasteiger partial charge in [-0.25, -0.2) is 4.68 Å². The Hall–Kier alpha value is -1.68. The van der Waals surface area contributed by atoms with Gasteiger partial charge in [0.25, 0.3) is 0 Å². The summed E-state index contributed by atoms with van der Waals surface area (Å²) in [7, 11) is 0. The second-order valence-corrected chi connectivity index (χ2v) is 3.52. The minimum Gasteiger partial charge on any atom is -0.387 e. The van der Waals surface area contributed by atoms with Crippen LogP contribution < -0.4 is 0 Å². The van der Waals surface area contributed by atoms with Crippen molar-refractivity contribution in [1.82, 2.24) is 14.8 Å². The van der Waals surface area contributed by atoms with E-state index < -0.39 is 6.10 Å². The van der Waals surface area contributed by atoms with E-state index in [0.717, 1.165) is 11.4 Å². The molecule has 78 valence electrons. The molecule has 0 saturated heterocycles. The van der Waals surface area contributed by atoms with Gasteiger partial charge in [0.15, 0.2) is 0 Å². The van der Waals surface area contributed by atoms with Crippen molar-refractivity contribution in [2.45, 2.75) is 20.0 Å². The molecule has 0 bridgehead atoms. The number of nitrogens with zero attached hydrogens (tertiary/aromatic N) is 3. The summed E-state index contributed by atoms with van der Waals surface area (Å²) >= 11 is 0. The van der Waals surface area contributed by atoms with Gasteiger partial charge >= 0.3 is 0 Å². The Balaban J connectivity index is 2.31. The Morgan fingerprint density at radius 2 is 2.13 bits per heavy atom. The summed E-state index contributed by atoms with van der Waals surface area (Å²) < 4.78 is 1.76. The number of rotatable bonds is 2. The molecule has 2 aromatic heterocycles. The topological polar surface area (TPSA) is 50.9 Å². The van der Waals surface area contributed by atoms with Crippen LogP contribution in [0, 0.1) is 6.92 Å². The molecule has 0 aromatic carbocycles. The smallest absolute Gasteiger partial charge is 0.0931 e. The zero-order valence-corrected chi connectivity index (χ0v) is 8.75. The zero-order valence-electron chi connectivity index (χ0n) is 8.75. The summed E-state index contributed by atoms with van der Waals surface area (Å²) in [6.07, 6.45) is 3.06. The van der Waals surface area contributed by atoms with Crippen LogP contribution in [-0.4, -0.2) is 19.9 Å². The first-order chi connectivity index (χ1) is 7.16. The van der Waals surface area contributed by atoms with E-state index in [4.69, 9.17) is 0 Å². The van der Waals surface area contributed by atoms with Crippen LogP contribution in [0.2, 0.25) is 0 Å². The molecule has 0 radical (unpaired) electrons. The fourth-order valence-electron chi connectivity index (χ4n) is 1.34. The molecule has 4 heteroatoms. The standard InChI is InChI=1S/C11H13N3O/c1-8-5-6-14(13-8)10-3-4-11(9(2)15)12-7-10/h3-7,9,15H,1-2H3. The van der Waals surface area contributed by atoms with E-state index in [2.05, 4.69) is 10.1 Å². The fraction of sp³-hybridized carbons (Fsp3) is 0.273. The highest BCUT2D eigenvalue weighted by molar-refractivity contribution is 5.29. The van der Waals surface area contributed by atoms with Gasteiger partial charge in [0.1, 0.15) is 0 Å². The molecule has 2 aromatic rings. The Kier molecular flexibility index (Phi) is 2.51. The average Bonchev–Trinajstić information content (AvgIpc) is 2.65. The lowest BCUT2D eigenvalue weighted by molar-refractivity contribution is 0.194. The number of hydrogen-bond acceptors (Lipinski definition) is 3. The van der Waals surface area contributed by atoms with Crippen molar-refractivity contribution in [2.24, 2.45) is 0 Å². The second-order valence-electron chi connectivity index (χ2n) is 3.52. The van der Waals surface area contributed by atoms with E-state index in [1.807, 2.05) is 25.3 Å². The van der Waals surface area contributed by atoms with Gasteiger partial charge in [-0.3, -0.25) is 4.98 Å². The van der Waals surface area contributed by atoms with Gasteiger partial charge in [-0.05, 0) is 32.0 Å². The molecule has 4 nitrogen and oxygen atoms in total. The van der Waals surface area contributed by atoms with Crippen LogP contribution in [0.25, 0.3) is 5.69 Å². The van der Waals surface area contributed by atoms with Crippen molar-refractivity contribution >= 4 is 0 Å². The van der Waals surface area contributed by atoms with Gasteiger partial charge in [-0.15, -0.1) is 0 Å². The van der Waals surface area contributed by atoms with E-state index >= 15 is 0 Å². The van der Waals surface area contributed by atoms with Crippen molar-refractivity contribution in [3.05, 3.63) is 42.0 Å². The van der Waals surface area contributed by atoms with E-state index in [9.17, 15) is 5.11 Å². The van der Waals surface area contributed by atoms with Crippen LogP contribution in [0.15, 0.2) is 30.6 Å². The maximum absolute atomic E-state index is 9.30. The molecule has 0 aliphatic carbocycles. The first kappa shape index (κ1) is 9.86. The van der Waals surface area contributed by atoms with Gasteiger partial charge in [-0.1, -0.05) is 0 Å². The van der Waals surface area contributed by atoms with E-state index in [1.54, 1.807) is 23.9 Å². The van der Waals surface area contributed by atoms with Crippen LogP contribution in [0.4, 0.5) is 0 Å². The van der Waals surface area contributed by atoms with Crippen LogP contribution in [-0.2, 0) is 0 Å². The van der Waals surface area contributed by atoms with Crippen molar-refractivity contribution < 1.29 is 5.11 Å². The van der Waals surface area contributed by atoms with Gasteiger partial charge in [0.05, 0.1) is 29.4 Å². The zero-order chi connectivity index (χ0) is 10.8. The SMILES string of the molecule is Cc1ccn(-c2ccc(C(C)O)nc2)n1. The first-order valence-corrected chi connectivity index (χ1v) is 4.83. The van der Waals surface area contributed by atoms with Gasteiger partial charge in [0, 0.05) is 6.20 Å². The van der Waals surface area contributed by atoms with Crippen LogP contribution in [0.5, 0.6) is 0 Å². The molecule has 2 heterocycles. The van der Waals surface area contributed by atoms with Gasteiger partial charge < -0.3 is 5.11 Å². The van der Waals surface area contributed by atoms with Crippen LogP contribution in [0.3, 0.4) is 0 Å². The third-order valence-corrected chi connectivity index (χ3v) is 2.19. The molecular weight excluding hydrogens is 190 g/mol. The molecule has 1 unspecified atom stereocenters. The molecule has 0 fully saturated rings. The second kappa shape index (κ2) is 3.82. The molecular formula is C11H13N3O. The molecule has 2 rings (SSSR count). The largest absolute Gasteiger partial charge is 0.387 e. The number of pyridine rings is 1. The minimum atomic E-state index is -0.529. The summed E-state index contributed by atoms with van der Waals surface area (Å²) in [6, 6.07) is 5.63. The maximum Gasteiger partial charge on any atom is 0.0931 e. The number of aryl methyl sites for hydroxylation is 1. The average molecular weight is 203 g/mol. The lowest BCUT2D eigenvalue weighted by Gasteiger charge is -2.05. The Bertz CT molecular complexity index is 445. The molecule has 1 atom stereocenters. The van der Waals surface area contributed by atoms with Gasteiger partial charge in [0.2, 0.25) is 0 Å². The van der Waals surface area contributed by atoms with E-state index in [1.165, 1.54) is 0 Å². The van der Waals surface area contributed by atoms with Crippen LogP contribution >= 0.6 is 0 Å². The third kappa shape index (κ3) is 2.05. The summed E-state index contributed by atoms with van der Waals surface area (Å²) in [5, 5.41) is 13.6. The highest BCUT2D eigenvalue weighted by atomic mass is 16.3. The summed E-state index contributed by atoms with van der Waals surface area (Å²) in [6.45, 7) is 3.63. The van der Waals surface area contributed by atoms with Crippen LogP contribution in [0.1, 0.15) is 24.4 Å². The monoisotopic (exact) mass is 203 g/mol. The number of aliphatic hydroxyl groups excluding tert-OH is 1. The molecule has 0 aliphatic rings. The molecule has 15 heavy (non-hydrogen) atoms. The highest BCUT2D eigenvalue weighted by Gasteiger charge is 2.03. The summed E-state index contributed by atoms with van der Waals surface area (Å²) in [5.41, 5.74) is 2.53. The molecule has 1 N–H and O–H groups in total. The number of hydrogen-bond donors (Lipinski definition) is 1. The van der Waals surface area contributed by atoms with E-state index in [0.29, 0.717) is 5.69 Å². The lowest BCUT2D eigenvalue weighted by atomic mass is 10.2. The highest BCUT2D eigenvalue weighted by Crippen LogP contribution is 2.11. The quantitative estimate of drug-likeness (QED) is 0.807. The summed E-state index contributed by atoms with van der Waals surface area (Å²) in [5.74, 6) is 0. The lowest BCUT2D eigenvalue weighted by Crippen LogP contribution is -1.99.